The van der Waals surface area contributed by atoms with Crippen molar-refractivity contribution in [3.8, 4) is 0 Å². The highest BCUT2D eigenvalue weighted by Gasteiger charge is 2.39. The summed E-state index contributed by atoms with van der Waals surface area (Å²) in [7, 11) is -2.09. The number of methoxy groups -OCH3 is 1. The van der Waals surface area contributed by atoms with Crippen LogP contribution < -0.4 is 5.73 Å². The average Bonchev–Trinajstić information content (AvgIpc) is 2.99. The van der Waals surface area contributed by atoms with Gasteiger partial charge in [-0.3, -0.25) is 4.79 Å². The highest BCUT2D eigenvalue weighted by molar-refractivity contribution is 7.52. The van der Waals surface area contributed by atoms with Gasteiger partial charge in [-0.1, -0.05) is 106 Å². The van der Waals surface area contributed by atoms with Gasteiger partial charge < -0.3 is 34.3 Å². The smallest absolute Gasteiger partial charge is 0.468 e. The number of hydrogen-bond acceptors (Lipinski definition) is 11. The first-order valence-electron chi connectivity index (χ1n) is 16.6. The maximum atomic E-state index is 14.1. The van der Waals surface area contributed by atoms with Crippen LogP contribution in [0.5, 0.6) is 0 Å². The van der Waals surface area contributed by atoms with Gasteiger partial charge in [0, 0.05) is 18.9 Å². The quantitative estimate of drug-likeness (QED) is 0.0190. The Labute approximate surface area is 275 Å². The van der Waals surface area contributed by atoms with Gasteiger partial charge in [-0.2, -0.15) is 0 Å². The van der Waals surface area contributed by atoms with Gasteiger partial charge in [0.2, 0.25) is 18.5 Å². The zero-order valence-corrected chi connectivity index (χ0v) is 30.2. The van der Waals surface area contributed by atoms with E-state index in [2.05, 4.69) is 23.3 Å². The minimum absolute atomic E-state index is 0.150. The Morgan fingerprint density at radius 3 is 1.48 bits per heavy atom. The summed E-state index contributed by atoms with van der Waals surface area (Å²) >= 11 is 0. The third-order valence-corrected chi connectivity index (χ3v) is 8.03. The monoisotopic (exact) mass is 681 g/mol. The van der Waals surface area contributed by atoms with E-state index in [9.17, 15) is 18.9 Å². The van der Waals surface area contributed by atoms with Crippen molar-refractivity contribution in [2.75, 3.05) is 33.9 Å². The minimum Gasteiger partial charge on any atom is -0.468 e. The van der Waals surface area contributed by atoms with Crippen molar-refractivity contribution in [3.63, 3.8) is 0 Å². The number of unbranched alkanes of at least 4 members (excludes halogenated alkanes) is 10. The summed E-state index contributed by atoms with van der Waals surface area (Å²) in [6.45, 7) is 10.9. The molecule has 2 N–H and O–H groups in total. The summed E-state index contributed by atoms with van der Waals surface area (Å²) in [5, 5.41) is 0. The molecule has 0 bridgehead atoms. The molecule has 0 heterocycles. The maximum Gasteiger partial charge on any atom is 0.510 e. The third kappa shape index (κ3) is 21.3. The van der Waals surface area contributed by atoms with Gasteiger partial charge in [0.05, 0.1) is 20.3 Å². The molecule has 0 aliphatic heterocycles. The molecule has 0 radical (unpaired) electrons. The van der Waals surface area contributed by atoms with E-state index in [0.29, 0.717) is 12.8 Å². The fraction of sp³-hybridized carbons (Fsp3) is 0.871. The van der Waals surface area contributed by atoms with E-state index in [1.807, 2.05) is 0 Å². The van der Waals surface area contributed by atoms with Gasteiger partial charge in [0.15, 0.2) is 0 Å². The van der Waals surface area contributed by atoms with Gasteiger partial charge in [-0.15, -0.1) is 4.76 Å². The van der Waals surface area contributed by atoms with Gasteiger partial charge in [0.25, 0.3) is 0 Å². The molecule has 46 heavy (non-hydrogen) atoms. The van der Waals surface area contributed by atoms with E-state index in [-0.39, 0.29) is 19.8 Å². The number of nitrogens with zero attached hydrogens (tertiary/aromatic N) is 2. The van der Waals surface area contributed by atoms with Crippen LogP contribution in [0.4, 0.5) is 9.59 Å². The van der Waals surface area contributed by atoms with E-state index in [4.69, 9.17) is 33.7 Å². The van der Waals surface area contributed by atoms with Crippen LogP contribution in [0.1, 0.15) is 119 Å². The lowest BCUT2D eigenvalue weighted by Gasteiger charge is -2.28. The minimum atomic E-state index is -4.70. The molecule has 2 unspecified atom stereocenters. The van der Waals surface area contributed by atoms with Crippen molar-refractivity contribution in [2.24, 2.45) is 22.3 Å². The SMILES string of the molecule is CCCCCCCCOC(=O)OC(OP(=O)(N=C(N)N(C)CC(=O)OC)OC(OC(=O)OCCCCCCCC)C(C)C)C(C)C. The Morgan fingerprint density at radius 1 is 0.717 bits per heavy atom. The molecule has 0 saturated heterocycles. The standard InChI is InChI=1S/C31H60N3O11P/c1-9-11-13-15-17-19-21-40-30(36)42-27(24(3)4)44-46(38,33-29(32)34(7)23-26(35)39-8)45-28(25(5)6)43-31(37)41-22-20-18-16-14-12-10-2/h24-25,27-28H,9-23H2,1-8H3,(H2,32,33,38). The summed E-state index contributed by atoms with van der Waals surface area (Å²) in [5.74, 6) is -2.12. The van der Waals surface area contributed by atoms with E-state index in [1.54, 1.807) is 27.7 Å². The van der Waals surface area contributed by atoms with Gasteiger partial charge in [0.1, 0.15) is 6.54 Å². The van der Waals surface area contributed by atoms with Crippen molar-refractivity contribution in [1.82, 2.24) is 4.90 Å². The van der Waals surface area contributed by atoms with Gasteiger partial charge in [-0.25, -0.2) is 23.2 Å². The largest absolute Gasteiger partial charge is 0.510 e. The van der Waals surface area contributed by atoms with Crippen molar-refractivity contribution >= 4 is 32.0 Å². The maximum absolute atomic E-state index is 14.1. The molecule has 0 aliphatic carbocycles. The second kappa shape index (κ2) is 25.5. The normalized spacial score (nSPS) is 14.3. The molecule has 0 aromatic rings. The first-order valence-corrected chi connectivity index (χ1v) is 18.0. The fourth-order valence-electron chi connectivity index (χ4n) is 3.77. The van der Waals surface area contributed by atoms with E-state index in [1.165, 1.54) is 14.2 Å². The number of rotatable bonds is 25. The highest BCUT2D eigenvalue weighted by Crippen LogP contribution is 2.54. The highest BCUT2D eigenvalue weighted by atomic mass is 31.2. The molecule has 2 atom stereocenters. The second-order valence-electron chi connectivity index (χ2n) is 11.8. The molecular weight excluding hydrogens is 621 g/mol. The van der Waals surface area contributed by atoms with E-state index >= 15 is 0 Å². The van der Waals surface area contributed by atoms with Gasteiger partial charge >= 0.3 is 26.0 Å². The van der Waals surface area contributed by atoms with E-state index < -0.39 is 56.4 Å². The second-order valence-corrected chi connectivity index (χ2v) is 13.3. The van der Waals surface area contributed by atoms with Crippen LogP contribution in [0.25, 0.3) is 0 Å². The van der Waals surface area contributed by atoms with Crippen LogP contribution >= 0.6 is 7.75 Å². The Bertz CT molecular complexity index is 883. The molecule has 0 aliphatic rings. The summed E-state index contributed by atoms with van der Waals surface area (Å²) in [6, 6.07) is 0. The van der Waals surface area contributed by atoms with Crippen LogP contribution in [0.2, 0.25) is 0 Å². The number of carbonyl (C=O) groups excluding carboxylic acids is 3. The lowest BCUT2D eigenvalue weighted by molar-refractivity contribution is -0.140. The summed E-state index contributed by atoms with van der Waals surface area (Å²) < 4.78 is 55.1. The number of guanidine groups is 1. The predicted octanol–water partition coefficient (Wildman–Crippen LogP) is 7.54. The fourth-order valence-corrected chi connectivity index (χ4v) is 5.41. The van der Waals surface area contributed by atoms with Crippen LogP contribution in [0, 0.1) is 11.8 Å². The van der Waals surface area contributed by atoms with Crippen LogP contribution in [-0.2, 0) is 42.1 Å². The summed E-state index contributed by atoms with van der Waals surface area (Å²) in [5.41, 5.74) is 6.03. The molecular formula is C31H60N3O11P. The number of carbonyl (C=O) groups is 3. The van der Waals surface area contributed by atoms with E-state index in [0.717, 1.165) is 69.1 Å². The zero-order chi connectivity index (χ0) is 35.0. The number of likely N-dealkylation sites (N-methyl/N-ethyl adjacent to an activating group) is 1. The topological polar surface area (TPSA) is 175 Å². The molecule has 15 heteroatoms. The Balaban J connectivity index is 5.69. The molecule has 0 spiro atoms. The molecule has 0 rings (SSSR count). The predicted molar refractivity (Wildman–Crippen MR) is 175 cm³/mol. The number of esters is 1. The zero-order valence-electron chi connectivity index (χ0n) is 29.3. The van der Waals surface area contributed by atoms with Crippen molar-refractivity contribution < 1.29 is 51.7 Å². The molecule has 14 nitrogen and oxygen atoms in total. The number of hydrogen-bond donors (Lipinski definition) is 1. The Hall–Kier alpha value is -2.57. The first kappa shape index (κ1) is 43.4. The summed E-state index contributed by atoms with van der Waals surface area (Å²) in [4.78, 5) is 37.9. The number of nitrogens with two attached hydrogens (primary N) is 1. The number of ether oxygens (including phenoxy) is 5. The first-order chi connectivity index (χ1) is 21.8. The lowest BCUT2D eigenvalue weighted by atomic mass is 10.1. The molecule has 0 saturated carbocycles. The molecule has 0 aromatic carbocycles. The van der Waals surface area contributed by atoms with Crippen molar-refractivity contribution in [2.45, 2.75) is 131 Å². The van der Waals surface area contributed by atoms with Crippen LogP contribution in [-0.4, -0.2) is 75.6 Å². The summed E-state index contributed by atoms with van der Waals surface area (Å²) in [6.07, 6.45) is 7.14. The molecule has 270 valence electrons. The van der Waals surface area contributed by atoms with Gasteiger partial charge in [-0.05, 0) is 12.8 Å². The van der Waals surface area contributed by atoms with Crippen LogP contribution in [0.3, 0.4) is 0 Å². The van der Waals surface area contributed by atoms with Crippen molar-refractivity contribution in [1.29, 1.82) is 0 Å². The van der Waals surface area contributed by atoms with Crippen molar-refractivity contribution in [3.05, 3.63) is 0 Å². The Morgan fingerprint density at radius 2 is 1.11 bits per heavy atom. The molecule has 0 fully saturated rings. The molecule has 0 aromatic heterocycles. The molecule has 0 amide bonds. The Kier molecular flexibility index (Phi) is 24.1. The third-order valence-electron chi connectivity index (χ3n) is 6.63. The van der Waals surface area contributed by atoms with Crippen LogP contribution in [0.15, 0.2) is 4.76 Å². The lowest BCUT2D eigenvalue weighted by Crippen LogP contribution is -2.38. The average molecular weight is 682 g/mol.